The van der Waals surface area contributed by atoms with Gasteiger partial charge in [-0.25, -0.2) is 4.79 Å². The lowest BCUT2D eigenvalue weighted by Crippen LogP contribution is -2.46. The second-order valence-corrected chi connectivity index (χ2v) is 7.76. The number of nitrogens with zero attached hydrogens (tertiary/aromatic N) is 2. The van der Waals surface area contributed by atoms with E-state index in [1.54, 1.807) is 4.90 Å². The van der Waals surface area contributed by atoms with Crippen LogP contribution < -0.4 is 0 Å². The van der Waals surface area contributed by atoms with Crippen LogP contribution in [0.1, 0.15) is 55.3 Å². The summed E-state index contributed by atoms with van der Waals surface area (Å²) in [6, 6.07) is 19.2. The van der Waals surface area contributed by atoms with Crippen LogP contribution in [-0.4, -0.2) is 34.9 Å². The average molecular weight is 362 g/mol. The first-order valence-corrected chi connectivity index (χ1v) is 9.78. The van der Waals surface area contributed by atoms with Gasteiger partial charge >= 0.3 is 6.09 Å². The Morgan fingerprint density at radius 3 is 2.41 bits per heavy atom. The van der Waals surface area contributed by atoms with Gasteiger partial charge in [0.15, 0.2) is 0 Å². The van der Waals surface area contributed by atoms with Gasteiger partial charge in [-0.15, -0.1) is 0 Å². The molecule has 4 heteroatoms. The molecule has 1 spiro atoms. The minimum Gasteiger partial charge on any atom is -0.465 e. The number of hydrogen-bond donors (Lipinski definition) is 1. The first kappa shape index (κ1) is 17.8. The number of aliphatic imine (C=N–C) groups is 1. The molecule has 1 heterocycles. The Hall–Kier alpha value is -2.62. The van der Waals surface area contributed by atoms with Gasteiger partial charge in [0.2, 0.25) is 0 Å². The Morgan fingerprint density at radius 1 is 1.04 bits per heavy atom. The Balaban J connectivity index is 1.64. The molecule has 2 aromatic carbocycles. The van der Waals surface area contributed by atoms with E-state index in [1.165, 1.54) is 22.4 Å². The predicted octanol–water partition coefficient (Wildman–Crippen LogP) is 5.04. The lowest BCUT2D eigenvalue weighted by Gasteiger charge is -2.45. The lowest BCUT2D eigenvalue weighted by atomic mass is 9.64. The van der Waals surface area contributed by atoms with Crippen LogP contribution in [-0.2, 0) is 5.41 Å². The largest absolute Gasteiger partial charge is 0.465 e. The highest BCUT2D eigenvalue weighted by atomic mass is 16.4. The van der Waals surface area contributed by atoms with E-state index in [9.17, 15) is 9.90 Å². The highest BCUT2D eigenvalue weighted by molar-refractivity contribution is 6.03. The highest BCUT2D eigenvalue weighted by Gasteiger charge is 2.41. The van der Waals surface area contributed by atoms with Crippen LogP contribution in [0.4, 0.5) is 4.79 Å². The monoisotopic (exact) mass is 362 g/mol. The molecule has 2 aromatic rings. The molecule has 1 N–H and O–H groups in total. The van der Waals surface area contributed by atoms with Crippen molar-refractivity contribution in [3.05, 3.63) is 71.3 Å². The van der Waals surface area contributed by atoms with E-state index in [1.807, 2.05) is 6.07 Å². The van der Waals surface area contributed by atoms with Crippen LogP contribution in [0.25, 0.3) is 0 Å². The zero-order chi connectivity index (χ0) is 18.9. The molecular weight excluding hydrogens is 336 g/mol. The molecule has 1 fully saturated rings. The molecule has 1 aliphatic heterocycles. The summed E-state index contributed by atoms with van der Waals surface area (Å²) in [5.41, 5.74) is 5.14. The van der Waals surface area contributed by atoms with Crippen LogP contribution in [0.3, 0.4) is 0 Å². The number of carbonyl (C=O) groups is 1. The van der Waals surface area contributed by atoms with E-state index in [0.29, 0.717) is 13.1 Å². The standard InChI is InChI=1S/C23H26N2O2/c1-17(18-7-3-2-4-8-18)24-21-11-12-23(20-10-6-5-9-19(20)21)13-15-25(16-14-23)22(26)27/h2-10,17H,11-16H2,1H3,(H,26,27)/b24-21+. The summed E-state index contributed by atoms with van der Waals surface area (Å²) in [5.74, 6) is 0. The molecule has 27 heavy (non-hydrogen) atoms. The molecule has 140 valence electrons. The van der Waals surface area contributed by atoms with Crippen molar-refractivity contribution in [3.8, 4) is 0 Å². The molecule has 0 bridgehead atoms. The molecule has 2 aliphatic rings. The van der Waals surface area contributed by atoms with Gasteiger partial charge in [-0.2, -0.15) is 0 Å². The van der Waals surface area contributed by atoms with Crippen molar-refractivity contribution in [2.24, 2.45) is 4.99 Å². The number of fused-ring (bicyclic) bond motifs is 2. The lowest BCUT2D eigenvalue weighted by molar-refractivity contribution is 0.113. The van der Waals surface area contributed by atoms with Crippen molar-refractivity contribution in [2.45, 2.75) is 44.1 Å². The number of amides is 1. The summed E-state index contributed by atoms with van der Waals surface area (Å²) < 4.78 is 0. The van der Waals surface area contributed by atoms with Crippen molar-refractivity contribution < 1.29 is 9.90 Å². The van der Waals surface area contributed by atoms with Crippen molar-refractivity contribution in [3.63, 3.8) is 0 Å². The van der Waals surface area contributed by atoms with Crippen LogP contribution in [0, 0.1) is 0 Å². The van der Waals surface area contributed by atoms with Gasteiger partial charge in [-0.05, 0) is 54.7 Å². The van der Waals surface area contributed by atoms with Gasteiger partial charge in [0.1, 0.15) is 0 Å². The van der Waals surface area contributed by atoms with Gasteiger partial charge < -0.3 is 10.0 Å². The van der Waals surface area contributed by atoms with Gasteiger partial charge in [0, 0.05) is 18.8 Å². The molecule has 1 atom stereocenters. The van der Waals surface area contributed by atoms with E-state index in [-0.39, 0.29) is 11.5 Å². The Bertz CT molecular complexity index is 852. The van der Waals surface area contributed by atoms with Gasteiger partial charge in [0.25, 0.3) is 0 Å². The predicted molar refractivity (Wildman–Crippen MR) is 108 cm³/mol. The third-order valence-corrected chi connectivity index (χ3v) is 6.27. The zero-order valence-electron chi connectivity index (χ0n) is 15.8. The van der Waals surface area contributed by atoms with Crippen LogP contribution in [0.5, 0.6) is 0 Å². The summed E-state index contributed by atoms with van der Waals surface area (Å²) in [4.78, 5) is 17.9. The Labute approximate surface area is 160 Å². The Morgan fingerprint density at radius 2 is 1.70 bits per heavy atom. The minimum atomic E-state index is -0.798. The van der Waals surface area contributed by atoms with E-state index >= 15 is 0 Å². The van der Waals surface area contributed by atoms with Crippen molar-refractivity contribution in [1.29, 1.82) is 0 Å². The fraction of sp³-hybridized carbons (Fsp3) is 0.391. The van der Waals surface area contributed by atoms with Crippen molar-refractivity contribution in [2.75, 3.05) is 13.1 Å². The Kier molecular flexibility index (Phi) is 4.73. The first-order chi connectivity index (χ1) is 13.1. The van der Waals surface area contributed by atoms with Crippen LogP contribution in [0.15, 0.2) is 59.6 Å². The third kappa shape index (κ3) is 3.36. The molecule has 0 saturated carbocycles. The van der Waals surface area contributed by atoms with Crippen molar-refractivity contribution >= 4 is 11.8 Å². The minimum absolute atomic E-state index is 0.0948. The van der Waals surface area contributed by atoms with E-state index in [4.69, 9.17) is 4.99 Å². The molecule has 1 unspecified atom stereocenters. The topological polar surface area (TPSA) is 52.9 Å². The first-order valence-electron chi connectivity index (χ1n) is 9.78. The summed E-state index contributed by atoms with van der Waals surface area (Å²) in [6.45, 7) is 3.40. The van der Waals surface area contributed by atoms with Crippen molar-refractivity contribution in [1.82, 2.24) is 4.90 Å². The normalized spacial score (nSPS) is 21.1. The number of likely N-dealkylation sites (tertiary alicyclic amines) is 1. The van der Waals surface area contributed by atoms with E-state index in [0.717, 1.165) is 25.7 Å². The third-order valence-electron chi connectivity index (χ3n) is 6.27. The number of piperidine rings is 1. The van der Waals surface area contributed by atoms with E-state index in [2.05, 4.69) is 55.5 Å². The van der Waals surface area contributed by atoms with Gasteiger partial charge in [-0.3, -0.25) is 4.99 Å². The molecule has 0 aromatic heterocycles. The van der Waals surface area contributed by atoms with Gasteiger partial charge in [-0.1, -0.05) is 54.6 Å². The number of carboxylic acid groups (broad SMARTS) is 1. The maximum absolute atomic E-state index is 11.3. The molecule has 0 radical (unpaired) electrons. The number of rotatable bonds is 2. The quantitative estimate of drug-likeness (QED) is 0.813. The SMILES string of the molecule is CC(/N=C1\CCC2(CCN(C(=O)O)CC2)c2ccccc21)c1ccccc1. The number of benzene rings is 2. The maximum Gasteiger partial charge on any atom is 0.407 e. The molecule has 4 rings (SSSR count). The van der Waals surface area contributed by atoms with Crippen LogP contribution >= 0.6 is 0 Å². The summed E-state index contributed by atoms with van der Waals surface area (Å²) >= 11 is 0. The van der Waals surface area contributed by atoms with Crippen LogP contribution in [0.2, 0.25) is 0 Å². The fourth-order valence-electron chi connectivity index (χ4n) is 4.64. The maximum atomic E-state index is 11.3. The number of hydrogen-bond acceptors (Lipinski definition) is 2. The molecular formula is C23H26N2O2. The van der Waals surface area contributed by atoms with Gasteiger partial charge in [0.05, 0.1) is 6.04 Å². The second-order valence-electron chi connectivity index (χ2n) is 7.76. The molecule has 1 saturated heterocycles. The molecule has 1 amide bonds. The zero-order valence-corrected chi connectivity index (χ0v) is 15.8. The summed E-state index contributed by atoms with van der Waals surface area (Å²) in [6.07, 6.45) is 3.02. The summed E-state index contributed by atoms with van der Waals surface area (Å²) in [7, 11) is 0. The molecule has 4 nitrogen and oxygen atoms in total. The van der Waals surface area contributed by atoms with E-state index < -0.39 is 6.09 Å². The summed E-state index contributed by atoms with van der Waals surface area (Å²) in [5, 5.41) is 9.28. The molecule has 1 aliphatic carbocycles. The fourth-order valence-corrected chi connectivity index (χ4v) is 4.64. The average Bonchev–Trinajstić information content (AvgIpc) is 2.71. The second kappa shape index (κ2) is 7.18. The smallest absolute Gasteiger partial charge is 0.407 e. The highest BCUT2D eigenvalue weighted by Crippen LogP contribution is 2.45.